The van der Waals surface area contributed by atoms with E-state index in [1.54, 1.807) is 12.3 Å². The summed E-state index contributed by atoms with van der Waals surface area (Å²) in [4.78, 5) is 11.4. The molecule has 1 aromatic carbocycles. The van der Waals surface area contributed by atoms with Gasteiger partial charge in [0, 0.05) is 11.9 Å². The summed E-state index contributed by atoms with van der Waals surface area (Å²) in [6.45, 7) is 2.78. The largest absolute Gasteiger partial charge is 0.380 e. The minimum atomic E-state index is -0.406. The van der Waals surface area contributed by atoms with Gasteiger partial charge in [-0.15, -0.1) is 0 Å². The van der Waals surface area contributed by atoms with Gasteiger partial charge in [-0.3, -0.25) is 4.68 Å². The van der Waals surface area contributed by atoms with Crippen LogP contribution < -0.4 is 0 Å². The first-order valence-corrected chi connectivity index (χ1v) is 5.20. The van der Waals surface area contributed by atoms with E-state index in [4.69, 9.17) is 0 Å². The molecule has 0 amide bonds. The number of hydrogen-bond acceptors (Lipinski definition) is 3. The van der Waals surface area contributed by atoms with Crippen LogP contribution in [0.3, 0.4) is 0 Å². The Balaban J connectivity index is 2.67. The van der Waals surface area contributed by atoms with Gasteiger partial charge in [-0.1, -0.05) is 6.07 Å². The second-order valence-corrected chi connectivity index (χ2v) is 3.39. The quantitative estimate of drug-likeness (QED) is 0.841. The Morgan fingerprint density at radius 2 is 2.40 bits per heavy atom. The van der Waals surface area contributed by atoms with Gasteiger partial charge in [0.05, 0.1) is 17.3 Å². The third-order valence-electron chi connectivity index (χ3n) is 2.28. The minimum absolute atomic E-state index is 0.406. The molecular weight excluding hydrogens is 260 g/mol. The summed E-state index contributed by atoms with van der Waals surface area (Å²) in [5.41, 5.74) is 1.46. The highest BCUT2D eigenvalue weighted by molar-refractivity contribution is 9.06. The molecule has 0 unspecified atom stereocenters. The lowest BCUT2D eigenvalue weighted by molar-refractivity contribution is 0.0784. The van der Waals surface area contributed by atoms with Crippen molar-refractivity contribution in [2.45, 2.75) is 13.5 Å². The predicted molar refractivity (Wildman–Crippen MR) is 59.7 cm³/mol. The first kappa shape index (κ1) is 10.2. The highest BCUT2D eigenvalue weighted by Crippen LogP contribution is 2.19. The molecule has 4 nitrogen and oxygen atoms in total. The fraction of sp³-hybridized carbons (Fsp3) is 0.200. The summed E-state index contributed by atoms with van der Waals surface area (Å²) < 4.78 is 6.36. The van der Waals surface area contributed by atoms with Gasteiger partial charge in [-0.2, -0.15) is 5.10 Å². The summed E-state index contributed by atoms with van der Waals surface area (Å²) in [6, 6.07) is 5.46. The van der Waals surface area contributed by atoms with Crippen molar-refractivity contribution in [3.05, 3.63) is 30.0 Å². The molecule has 0 spiro atoms. The van der Waals surface area contributed by atoms with Crippen LogP contribution in [0.5, 0.6) is 0 Å². The third kappa shape index (κ3) is 1.63. The molecule has 0 aliphatic carbocycles. The second kappa shape index (κ2) is 4.02. The van der Waals surface area contributed by atoms with Gasteiger partial charge >= 0.3 is 5.97 Å². The van der Waals surface area contributed by atoms with Crippen molar-refractivity contribution in [3.63, 3.8) is 0 Å². The SMILES string of the molecule is CCn1ncc2c(C(=O)OBr)cccc21. The van der Waals surface area contributed by atoms with E-state index in [1.165, 1.54) is 0 Å². The molecule has 0 atom stereocenters. The topological polar surface area (TPSA) is 44.1 Å². The first-order chi connectivity index (χ1) is 7.27. The Bertz CT molecular complexity index is 507. The molecule has 1 heterocycles. The first-order valence-electron chi connectivity index (χ1n) is 4.55. The summed E-state index contributed by atoms with van der Waals surface area (Å²) in [7, 11) is 0. The van der Waals surface area contributed by atoms with E-state index in [0.29, 0.717) is 5.56 Å². The Kier molecular flexibility index (Phi) is 2.73. The van der Waals surface area contributed by atoms with Gasteiger partial charge in [0.25, 0.3) is 0 Å². The highest BCUT2D eigenvalue weighted by atomic mass is 79.9. The van der Waals surface area contributed by atoms with Gasteiger partial charge in [0.2, 0.25) is 0 Å². The summed E-state index contributed by atoms with van der Waals surface area (Å²) >= 11 is 2.68. The van der Waals surface area contributed by atoms with Crippen LogP contribution in [0.25, 0.3) is 10.9 Å². The molecule has 0 N–H and O–H groups in total. The average Bonchev–Trinajstić information content (AvgIpc) is 2.70. The number of hydrogen-bond donors (Lipinski definition) is 0. The number of rotatable bonds is 2. The molecule has 15 heavy (non-hydrogen) atoms. The maximum Gasteiger partial charge on any atom is 0.350 e. The van der Waals surface area contributed by atoms with Crippen LogP contribution in [0.15, 0.2) is 24.4 Å². The van der Waals surface area contributed by atoms with E-state index in [-0.39, 0.29) is 0 Å². The van der Waals surface area contributed by atoms with Crippen LogP contribution in [0.2, 0.25) is 0 Å². The number of halogens is 1. The van der Waals surface area contributed by atoms with E-state index in [1.807, 2.05) is 23.7 Å². The van der Waals surface area contributed by atoms with Gasteiger partial charge in [0.15, 0.2) is 16.3 Å². The number of carbonyl (C=O) groups is 1. The Hall–Kier alpha value is -1.36. The van der Waals surface area contributed by atoms with Crippen molar-refractivity contribution < 1.29 is 8.62 Å². The van der Waals surface area contributed by atoms with Gasteiger partial charge in [-0.05, 0) is 19.1 Å². The smallest absolute Gasteiger partial charge is 0.350 e. The molecular formula is C10H9BrN2O2. The highest BCUT2D eigenvalue weighted by Gasteiger charge is 2.12. The van der Waals surface area contributed by atoms with Crippen molar-refractivity contribution in [1.29, 1.82) is 0 Å². The lowest BCUT2D eigenvalue weighted by Gasteiger charge is -2.00. The van der Waals surface area contributed by atoms with E-state index in [2.05, 4.69) is 25.2 Å². The molecule has 0 bridgehead atoms. The molecule has 5 heteroatoms. The molecule has 0 aliphatic heterocycles. The van der Waals surface area contributed by atoms with Crippen molar-refractivity contribution in [2.75, 3.05) is 0 Å². The van der Waals surface area contributed by atoms with Crippen molar-refractivity contribution >= 4 is 33.1 Å². The fourth-order valence-corrected chi connectivity index (χ4v) is 1.75. The normalized spacial score (nSPS) is 10.5. The Morgan fingerprint density at radius 1 is 1.60 bits per heavy atom. The van der Waals surface area contributed by atoms with Gasteiger partial charge < -0.3 is 3.83 Å². The van der Waals surface area contributed by atoms with E-state index in [9.17, 15) is 4.79 Å². The molecule has 78 valence electrons. The van der Waals surface area contributed by atoms with Crippen molar-refractivity contribution in [3.8, 4) is 0 Å². The number of nitrogens with zero attached hydrogens (tertiary/aromatic N) is 2. The summed E-state index contributed by atoms with van der Waals surface area (Å²) in [6.07, 6.45) is 1.68. The second-order valence-electron chi connectivity index (χ2n) is 3.06. The minimum Gasteiger partial charge on any atom is -0.380 e. The van der Waals surface area contributed by atoms with Crippen LogP contribution in [-0.4, -0.2) is 15.7 Å². The Morgan fingerprint density at radius 3 is 3.07 bits per heavy atom. The third-order valence-corrected chi connectivity index (χ3v) is 2.57. The molecule has 0 saturated carbocycles. The molecule has 0 saturated heterocycles. The number of fused-ring (bicyclic) bond motifs is 1. The van der Waals surface area contributed by atoms with E-state index in [0.717, 1.165) is 17.4 Å². The number of benzene rings is 1. The van der Waals surface area contributed by atoms with Crippen molar-refractivity contribution in [1.82, 2.24) is 9.78 Å². The molecule has 0 radical (unpaired) electrons. The van der Waals surface area contributed by atoms with Crippen LogP contribution >= 0.6 is 16.3 Å². The number of carbonyl (C=O) groups excluding carboxylic acids is 1. The monoisotopic (exact) mass is 268 g/mol. The van der Waals surface area contributed by atoms with Gasteiger partial charge in [0.1, 0.15) is 0 Å². The van der Waals surface area contributed by atoms with Crippen LogP contribution in [0.1, 0.15) is 17.3 Å². The zero-order chi connectivity index (χ0) is 10.8. The van der Waals surface area contributed by atoms with Crippen LogP contribution in [0.4, 0.5) is 0 Å². The molecule has 2 rings (SSSR count). The fourth-order valence-electron chi connectivity index (χ4n) is 1.57. The maximum atomic E-state index is 11.4. The Labute approximate surface area is 95.3 Å². The average molecular weight is 269 g/mol. The lowest BCUT2D eigenvalue weighted by Crippen LogP contribution is -1.99. The lowest BCUT2D eigenvalue weighted by atomic mass is 10.1. The zero-order valence-corrected chi connectivity index (χ0v) is 9.69. The standard InChI is InChI=1S/C10H9BrN2O2/c1-2-13-9-5-3-4-7(10(14)15-11)8(9)6-12-13/h3-6H,2H2,1H3. The molecule has 0 aliphatic rings. The van der Waals surface area contributed by atoms with Crippen molar-refractivity contribution in [2.24, 2.45) is 0 Å². The number of aromatic nitrogens is 2. The predicted octanol–water partition coefficient (Wildman–Crippen LogP) is 2.52. The van der Waals surface area contributed by atoms with Crippen LogP contribution in [-0.2, 0) is 10.4 Å². The summed E-state index contributed by atoms with van der Waals surface area (Å²) in [5.74, 6) is -0.406. The van der Waals surface area contributed by atoms with Crippen LogP contribution in [0, 0.1) is 0 Å². The summed E-state index contributed by atoms with van der Waals surface area (Å²) in [5, 5.41) is 4.99. The van der Waals surface area contributed by atoms with Gasteiger partial charge in [-0.25, -0.2) is 4.79 Å². The molecule has 2 aromatic rings. The molecule has 1 aromatic heterocycles. The van der Waals surface area contributed by atoms with E-state index < -0.39 is 5.97 Å². The van der Waals surface area contributed by atoms with E-state index >= 15 is 0 Å². The zero-order valence-electron chi connectivity index (χ0n) is 8.11. The maximum absolute atomic E-state index is 11.4. The molecule has 0 fully saturated rings. The number of aryl methyl sites for hydroxylation is 1.